The first-order valence-corrected chi connectivity index (χ1v) is 11.8. The van der Waals surface area contributed by atoms with Crippen LogP contribution in [-0.4, -0.2) is 34.8 Å². The molecule has 3 aromatic rings. The van der Waals surface area contributed by atoms with Crippen molar-refractivity contribution in [2.45, 2.75) is 51.5 Å². The summed E-state index contributed by atoms with van der Waals surface area (Å²) in [5.74, 6) is 1.73. The van der Waals surface area contributed by atoms with Crippen molar-refractivity contribution in [2.24, 2.45) is 0 Å². The number of nitrogens with one attached hydrogen (secondary N) is 1. The van der Waals surface area contributed by atoms with Gasteiger partial charge in [-0.2, -0.15) is 0 Å². The van der Waals surface area contributed by atoms with Crippen molar-refractivity contribution in [3.05, 3.63) is 78.8 Å². The van der Waals surface area contributed by atoms with Crippen LogP contribution >= 0.6 is 0 Å². The number of nitrogens with zero attached hydrogens (tertiary/aromatic N) is 2. The average molecular weight is 446 g/mol. The van der Waals surface area contributed by atoms with Gasteiger partial charge in [-0.1, -0.05) is 75.6 Å². The van der Waals surface area contributed by atoms with Crippen molar-refractivity contribution in [3.8, 4) is 28.3 Å². The van der Waals surface area contributed by atoms with Crippen LogP contribution in [0.5, 0.6) is 5.75 Å². The maximum atomic E-state index is 9.63. The molecular weight excluding hydrogens is 410 g/mol. The van der Waals surface area contributed by atoms with Gasteiger partial charge in [-0.3, -0.25) is 0 Å². The monoisotopic (exact) mass is 445 g/mol. The summed E-state index contributed by atoms with van der Waals surface area (Å²) in [5.41, 5.74) is 4.10. The molecule has 0 bridgehead atoms. The van der Waals surface area contributed by atoms with Crippen LogP contribution in [0, 0.1) is 0 Å². The number of aliphatic hydroxyl groups excluding tert-OH is 1. The van der Waals surface area contributed by atoms with Crippen molar-refractivity contribution in [3.63, 3.8) is 0 Å². The minimum atomic E-state index is -0.158. The van der Waals surface area contributed by atoms with E-state index in [0.717, 1.165) is 41.0 Å². The maximum absolute atomic E-state index is 9.63. The van der Waals surface area contributed by atoms with E-state index in [9.17, 15) is 5.11 Å². The molecule has 174 valence electrons. The van der Waals surface area contributed by atoms with Gasteiger partial charge in [0.15, 0.2) is 5.82 Å². The van der Waals surface area contributed by atoms with Gasteiger partial charge in [0.2, 0.25) is 0 Å². The summed E-state index contributed by atoms with van der Waals surface area (Å²) in [5, 5.41) is 12.7. The van der Waals surface area contributed by atoms with Crippen molar-refractivity contribution in [1.29, 1.82) is 0 Å². The third kappa shape index (κ3) is 7.43. The molecule has 5 heteroatoms. The predicted octanol–water partition coefficient (Wildman–Crippen LogP) is 6.36. The summed E-state index contributed by atoms with van der Waals surface area (Å²) < 4.78 is 5.85. The Labute approximate surface area is 197 Å². The van der Waals surface area contributed by atoms with Gasteiger partial charge in [0.05, 0.1) is 12.6 Å². The lowest BCUT2D eigenvalue weighted by atomic mass is 10.0. The van der Waals surface area contributed by atoms with E-state index < -0.39 is 0 Å². The second-order valence-electron chi connectivity index (χ2n) is 8.32. The number of aromatic nitrogens is 2. The van der Waals surface area contributed by atoms with E-state index in [1.165, 1.54) is 25.7 Å². The molecule has 0 aliphatic heterocycles. The van der Waals surface area contributed by atoms with Gasteiger partial charge in [0.25, 0.3) is 0 Å². The van der Waals surface area contributed by atoms with E-state index in [-0.39, 0.29) is 11.8 Å². The topological polar surface area (TPSA) is 67.3 Å². The molecule has 1 unspecified atom stereocenters. The fourth-order valence-corrected chi connectivity index (χ4v) is 3.68. The maximum Gasteiger partial charge on any atom is 0.159 e. The van der Waals surface area contributed by atoms with E-state index in [1.54, 1.807) is 0 Å². The fourth-order valence-electron chi connectivity index (χ4n) is 3.68. The van der Waals surface area contributed by atoms with Gasteiger partial charge in [0, 0.05) is 23.5 Å². The quantitative estimate of drug-likeness (QED) is 0.237. The lowest BCUT2D eigenvalue weighted by molar-refractivity contribution is 0.304. The van der Waals surface area contributed by atoms with Crippen molar-refractivity contribution >= 4 is 0 Å². The molecule has 0 spiro atoms. The Balaban J connectivity index is 1.56. The first kappa shape index (κ1) is 24.5. The van der Waals surface area contributed by atoms with Crippen LogP contribution in [0.15, 0.2) is 73.3 Å². The van der Waals surface area contributed by atoms with Crippen LogP contribution in [0.3, 0.4) is 0 Å². The molecule has 0 aliphatic carbocycles. The van der Waals surface area contributed by atoms with Crippen LogP contribution in [0.2, 0.25) is 0 Å². The molecule has 0 fully saturated rings. The van der Waals surface area contributed by atoms with Gasteiger partial charge >= 0.3 is 0 Å². The molecule has 0 aliphatic rings. The number of hydrogen-bond acceptors (Lipinski definition) is 5. The number of aliphatic hydroxyl groups is 1. The van der Waals surface area contributed by atoms with Gasteiger partial charge < -0.3 is 15.2 Å². The molecular formula is C28H35N3O2. The van der Waals surface area contributed by atoms with Gasteiger partial charge in [-0.25, -0.2) is 9.97 Å². The fraction of sp³-hybridized carbons (Fsp3) is 0.357. The number of ether oxygens (including phenoxy) is 1. The second kappa shape index (κ2) is 12.8. The van der Waals surface area contributed by atoms with E-state index in [2.05, 4.69) is 28.8 Å². The largest absolute Gasteiger partial charge is 0.511 e. The number of benzene rings is 2. The zero-order chi connectivity index (χ0) is 23.5. The standard InChI is InChI=1S/C28H35N3O2/c1-4-5-6-7-8-17-33-26-15-13-23(14-16-26)25-19-30-28(31-20-25)24-11-9-22(10-12-24)18-27(29-3)21(2)32/h9-16,19-20,27,29,32H,2,4-8,17-18H2,1,3H3. The molecule has 0 saturated heterocycles. The average Bonchev–Trinajstić information content (AvgIpc) is 2.85. The van der Waals surface area contributed by atoms with Crippen molar-refractivity contribution in [2.75, 3.05) is 13.7 Å². The Morgan fingerprint density at radius 1 is 0.909 bits per heavy atom. The highest BCUT2D eigenvalue weighted by Crippen LogP contribution is 2.23. The third-order valence-electron chi connectivity index (χ3n) is 5.76. The van der Waals surface area contributed by atoms with Gasteiger partial charge in [-0.05, 0) is 43.1 Å². The van der Waals surface area contributed by atoms with Crippen LogP contribution in [0.1, 0.15) is 44.6 Å². The van der Waals surface area contributed by atoms with Crippen LogP contribution < -0.4 is 10.1 Å². The summed E-state index contributed by atoms with van der Waals surface area (Å²) in [7, 11) is 1.81. The predicted molar refractivity (Wildman–Crippen MR) is 135 cm³/mol. The van der Waals surface area contributed by atoms with Crippen LogP contribution in [-0.2, 0) is 6.42 Å². The Morgan fingerprint density at radius 3 is 2.15 bits per heavy atom. The Morgan fingerprint density at radius 2 is 1.55 bits per heavy atom. The zero-order valence-electron chi connectivity index (χ0n) is 19.8. The minimum absolute atomic E-state index is 0.141. The number of unbranched alkanes of at least 4 members (excludes halogenated alkanes) is 4. The number of rotatable bonds is 13. The molecule has 3 rings (SSSR count). The highest BCUT2D eigenvalue weighted by atomic mass is 16.5. The Bertz CT molecular complexity index is 983. The van der Waals surface area contributed by atoms with E-state index in [0.29, 0.717) is 12.2 Å². The third-order valence-corrected chi connectivity index (χ3v) is 5.76. The van der Waals surface area contributed by atoms with Crippen molar-refractivity contribution < 1.29 is 9.84 Å². The minimum Gasteiger partial charge on any atom is -0.511 e. The van der Waals surface area contributed by atoms with Crippen molar-refractivity contribution in [1.82, 2.24) is 15.3 Å². The Hall–Kier alpha value is -3.18. The van der Waals surface area contributed by atoms with E-state index in [4.69, 9.17) is 4.74 Å². The molecule has 2 N–H and O–H groups in total. The second-order valence-corrected chi connectivity index (χ2v) is 8.32. The molecule has 1 atom stereocenters. The Kier molecular flexibility index (Phi) is 9.45. The SMILES string of the molecule is C=C(O)C(Cc1ccc(-c2ncc(-c3ccc(OCCCCCCC)cc3)cn2)cc1)NC. The highest BCUT2D eigenvalue weighted by molar-refractivity contribution is 5.64. The van der Waals surface area contributed by atoms with Gasteiger partial charge in [0.1, 0.15) is 11.5 Å². The van der Waals surface area contributed by atoms with Crippen LogP contribution in [0.4, 0.5) is 0 Å². The molecule has 0 amide bonds. The first-order chi connectivity index (χ1) is 16.1. The summed E-state index contributed by atoms with van der Waals surface area (Å²) in [6.07, 6.45) is 10.6. The van der Waals surface area contributed by atoms with E-state index >= 15 is 0 Å². The first-order valence-electron chi connectivity index (χ1n) is 11.8. The molecule has 33 heavy (non-hydrogen) atoms. The summed E-state index contributed by atoms with van der Waals surface area (Å²) in [6, 6.07) is 16.0. The molecule has 0 saturated carbocycles. The van der Waals surface area contributed by atoms with Crippen LogP contribution in [0.25, 0.3) is 22.5 Å². The molecule has 5 nitrogen and oxygen atoms in total. The van der Waals surface area contributed by atoms with Gasteiger partial charge in [-0.15, -0.1) is 0 Å². The number of likely N-dealkylation sites (N-methyl/N-ethyl adjacent to an activating group) is 1. The molecule has 1 heterocycles. The molecule has 0 radical (unpaired) electrons. The smallest absolute Gasteiger partial charge is 0.159 e. The highest BCUT2D eigenvalue weighted by Gasteiger charge is 2.10. The number of hydrogen-bond donors (Lipinski definition) is 2. The molecule has 1 aromatic heterocycles. The lowest BCUT2D eigenvalue weighted by Crippen LogP contribution is -2.29. The van der Waals surface area contributed by atoms with E-state index in [1.807, 2.05) is 68.0 Å². The zero-order valence-corrected chi connectivity index (χ0v) is 19.8. The normalized spacial score (nSPS) is 11.8. The summed E-state index contributed by atoms with van der Waals surface area (Å²) in [4.78, 5) is 9.12. The molecule has 2 aromatic carbocycles. The summed E-state index contributed by atoms with van der Waals surface area (Å²) >= 11 is 0. The lowest BCUT2D eigenvalue weighted by Gasteiger charge is -2.14. The summed E-state index contributed by atoms with van der Waals surface area (Å²) in [6.45, 7) is 6.61.